The van der Waals surface area contributed by atoms with Gasteiger partial charge in [-0.1, -0.05) is 6.92 Å². The lowest BCUT2D eigenvalue weighted by atomic mass is 9.94. The first-order valence-corrected chi connectivity index (χ1v) is 4.68. The SMILES string of the molecule is C[C@H]1CCCc2ncsc21. The van der Waals surface area contributed by atoms with E-state index < -0.39 is 0 Å². The summed E-state index contributed by atoms with van der Waals surface area (Å²) in [4.78, 5) is 5.86. The van der Waals surface area contributed by atoms with Crippen LogP contribution in [-0.2, 0) is 6.42 Å². The van der Waals surface area contributed by atoms with Crippen molar-refractivity contribution in [2.75, 3.05) is 0 Å². The Labute approximate surface area is 65.1 Å². The van der Waals surface area contributed by atoms with E-state index in [1.165, 1.54) is 29.8 Å². The largest absolute Gasteiger partial charge is 0.249 e. The third-order valence-electron chi connectivity index (χ3n) is 2.17. The molecule has 1 aliphatic carbocycles. The molecule has 1 aromatic rings. The van der Waals surface area contributed by atoms with Crippen LogP contribution in [0.25, 0.3) is 0 Å². The quantitative estimate of drug-likeness (QED) is 0.558. The van der Waals surface area contributed by atoms with Gasteiger partial charge in [-0.25, -0.2) is 4.98 Å². The maximum absolute atomic E-state index is 4.33. The first-order valence-electron chi connectivity index (χ1n) is 3.80. The van der Waals surface area contributed by atoms with Crippen molar-refractivity contribution in [3.63, 3.8) is 0 Å². The molecule has 0 bridgehead atoms. The van der Waals surface area contributed by atoms with Gasteiger partial charge in [0.15, 0.2) is 0 Å². The van der Waals surface area contributed by atoms with Gasteiger partial charge >= 0.3 is 0 Å². The molecule has 0 saturated carbocycles. The van der Waals surface area contributed by atoms with Crippen LogP contribution in [0.2, 0.25) is 0 Å². The minimum Gasteiger partial charge on any atom is -0.249 e. The fourth-order valence-corrected chi connectivity index (χ4v) is 2.51. The van der Waals surface area contributed by atoms with Crippen LogP contribution in [0, 0.1) is 0 Å². The molecular formula is C8H11NS. The number of hydrogen-bond acceptors (Lipinski definition) is 2. The maximum atomic E-state index is 4.33. The highest BCUT2D eigenvalue weighted by atomic mass is 32.1. The summed E-state index contributed by atoms with van der Waals surface area (Å²) in [7, 11) is 0. The summed E-state index contributed by atoms with van der Waals surface area (Å²) >= 11 is 1.82. The van der Waals surface area contributed by atoms with Crippen LogP contribution in [0.1, 0.15) is 36.3 Å². The second kappa shape index (κ2) is 2.35. The average Bonchev–Trinajstić information content (AvgIpc) is 2.36. The second-order valence-corrected chi connectivity index (χ2v) is 3.84. The molecule has 10 heavy (non-hydrogen) atoms. The van der Waals surface area contributed by atoms with E-state index >= 15 is 0 Å². The summed E-state index contributed by atoms with van der Waals surface area (Å²) < 4.78 is 0. The molecule has 2 rings (SSSR count). The smallest absolute Gasteiger partial charge is 0.0797 e. The summed E-state index contributed by atoms with van der Waals surface area (Å²) in [5.74, 6) is 0.774. The number of aryl methyl sites for hydroxylation is 1. The summed E-state index contributed by atoms with van der Waals surface area (Å²) in [6.07, 6.45) is 3.90. The van der Waals surface area contributed by atoms with E-state index in [1.807, 2.05) is 16.8 Å². The summed E-state index contributed by atoms with van der Waals surface area (Å²) in [6.45, 7) is 2.30. The molecule has 0 radical (unpaired) electrons. The summed E-state index contributed by atoms with van der Waals surface area (Å²) in [5, 5.41) is 0. The van der Waals surface area contributed by atoms with E-state index in [0.29, 0.717) is 0 Å². The van der Waals surface area contributed by atoms with Gasteiger partial charge in [-0.05, 0) is 25.2 Å². The maximum Gasteiger partial charge on any atom is 0.0797 e. The number of fused-ring (bicyclic) bond motifs is 1. The van der Waals surface area contributed by atoms with Crippen molar-refractivity contribution >= 4 is 11.3 Å². The Balaban J connectivity index is 2.41. The van der Waals surface area contributed by atoms with Gasteiger partial charge < -0.3 is 0 Å². The Bertz CT molecular complexity index is 229. The topological polar surface area (TPSA) is 12.9 Å². The van der Waals surface area contributed by atoms with Gasteiger partial charge in [0.2, 0.25) is 0 Å². The lowest BCUT2D eigenvalue weighted by Crippen LogP contribution is -2.03. The average molecular weight is 153 g/mol. The van der Waals surface area contributed by atoms with E-state index in [2.05, 4.69) is 11.9 Å². The highest BCUT2D eigenvalue weighted by molar-refractivity contribution is 7.09. The molecule has 0 aromatic carbocycles. The van der Waals surface area contributed by atoms with Gasteiger partial charge in [0, 0.05) is 4.88 Å². The molecule has 0 aliphatic heterocycles. The molecule has 0 amide bonds. The first-order chi connectivity index (χ1) is 4.88. The molecule has 54 valence electrons. The molecular weight excluding hydrogens is 142 g/mol. The van der Waals surface area contributed by atoms with Gasteiger partial charge in [0.1, 0.15) is 0 Å². The van der Waals surface area contributed by atoms with Crippen LogP contribution in [0.3, 0.4) is 0 Å². The lowest BCUT2D eigenvalue weighted by molar-refractivity contribution is 0.592. The van der Waals surface area contributed by atoms with Crippen molar-refractivity contribution < 1.29 is 0 Å². The molecule has 0 saturated heterocycles. The van der Waals surface area contributed by atoms with Crippen LogP contribution < -0.4 is 0 Å². The zero-order valence-electron chi connectivity index (χ0n) is 6.13. The Morgan fingerprint density at radius 2 is 2.60 bits per heavy atom. The van der Waals surface area contributed by atoms with Crippen molar-refractivity contribution in [2.24, 2.45) is 0 Å². The second-order valence-electron chi connectivity index (χ2n) is 2.96. The Kier molecular flexibility index (Phi) is 1.49. The van der Waals surface area contributed by atoms with Crippen LogP contribution >= 0.6 is 11.3 Å². The zero-order chi connectivity index (χ0) is 6.97. The van der Waals surface area contributed by atoms with Gasteiger partial charge in [0.25, 0.3) is 0 Å². The van der Waals surface area contributed by atoms with Crippen LogP contribution in [0.4, 0.5) is 0 Å². The molecule has 1 heterocycles. The van der Waals surface area contributed by atoms with Crippen molar-refractivity contribution in [1.29, 1.82) is 0 Å². The number of aromatic nitrogens is 1. The molecule has 0 fully saturated rings. The van der Waals surface area contributed by atoms with E-state index in [9.17, 15) is 0 Å². The van der Waals surface area contributed by atoms with Crippen LogP contribution in [-0.4, -0.2) is 4.98 Å². The van der Waals surface area contributed by atoms with Crippen molar-refractivity contribution in [1.82, 2.24) is 4.98 Å². The van der Waals surface area contributed by atoms with Crippen molar-refractivity contribution in [2.45, 2.75) is 32.1 Å². The molecule has 1 aromatic heterocycles. The monoisotopic (exact) mass is 153 g/mol. The first kappa shape index (κ1) is 6.35. The van der Waals surface area contributed by atoms with Crippen molar-refractivity contribution in [3.05, 3.63) is 16.1 Å². The fourth-order valence-electron chi connectivity index (χ4n) is 1.57. The Morgan fingerprint density at radius 1 is 1.70 bits per heavy atom. The van der Waals surface area contributed by atoms with Crippen LogP contribution in [0.15, 0.2) is 5.51 Å². The minimum atomic E-state index is 0.774. The number of thiazole rings is 1. The predicted molar refractivity (Wildman–Crippen MR) is 43.5 cm³/mol. The van der Waals surface area contributed by atoms with E-state index in [1.54, 1.807) is 0 Å². The van der Waals surface area contributed by atoms with Crippen LogP contribution in [0.5, 0.6) is 0 Å². The molecule has 0 spiro atoms. The highest BCUT2D eigenvalue weighted by Gasteiger charge is 2.17. The standard InChI is InChI=1S/C8H11NS/c1-6-3-2-4-7-8(6)10-5-9-7/h5-6H,2-4H2,1H3/t6-/m0/s1. The molecule has 1 aliphatic rings. The van der Waals surface area contributed by atoms with Gasteiger partial charge in [-0.3, -0.25) is 0 Å². The van der Waals surface area contributed by atoms with Gasteiger partial charge in [-0.15, -0.1) is 11.3 Å². The predicted octanol–water partition coefficient (Wildman–Crippen LogP) is 2.58. The molecule has 0 unspecified atom stereocenters. The summed E-state index contributed by atoms with van der Waals surface area (Å²) in [6, 6.07) is 0. The normalized spacial score (nSPS) is 24.3. The molecule has 2 heteroatoms. The zero-order valence-corrected chi connectivity index (χ0v) is 6.95. The van der Waals surface area contributed by atoms with E-state index in [4.69, 9.17) is 0 Å². The number of nitrogens with zero attached hydrogens (tertiary/aromatic N) is 1. The molecule has 1 atom stereocenters. The highest BCUT2D eigenvalue weighted by Crippen LogP contribution is 2.32. The Hall–Kier alpha value is -0.370. The Morgan fingerprint density at radius 3 is 3.40 bits per heavy atom. The number of rotatable bonds is 0. The van der Waals surface area contributed by atoms with Crippen molar-refractivity contribution in [3.8, 4) is 0 Å². The molecule has 1 nitrogen and oxygen atoms in total. The fraction of sp³-hybridized carbons (Fsp3) is 0.625. The van der Waals surface area contributed by atoms with Gasteiger partial charge in [0.05, 0.1) is 11.2 Å². The number of hydrogen-bond donors (Lipinski definition) is 0. The summed E-state index contributed by atoms with van der Waals surface area (Å²) in [5.41, 5.74) is 3.34. The van der Waals surface area contributed by atoms with Gasteiger partial charge in [-0.2, -0.15) is 0 Å². The van der Waals surface area contributed by atoms with E-state index in [-0.39, 0.29) is 0 Å². The molecule has 0 N–H and O–H groups in total. The minimum absolute atomic E-state index is 0.774. The third-order valence-corrected chi connectivity index (χ3v) is 3.27. The third kappa shape index (κ3) is 0.870. The lowest BCUT2D eigenvalue weighted by Gasteiger charge is -2.15. The van der Waals surface area contributed by atoms with E-state index in [0.717, 1.165) is 5.92 Å².